The van der Waals surface area contributed by atoms with Crippen molar-refractivity contribution in [3.8, 4) is 0 Å². The van der Waals surface area contributed by atoms with Gasteiger partial charge in [0, 0.05) is 12.3 Å². The Balaban J connectivity index is 1.95. The van der Waals surface area contributed by atoms with Crippen LogP contribution in [0, 0.1) is 0 Å². The lowest BCUT2D eigenvalue weighted by Crippen LogP contribution is -2.27. The third kappa shape index (κ3) is 3.48. The standard InChI is InChI=1S/C15H21NS2/c1-2-3-4-8-11-16-14(12-18-15(16)17)13-9-6-5-7-10-13/h5-7,9-10,14H,2-4,8,11-12H2,1H3. The highest BCUT2D eigenvalue weighted by molar-refractivity contribution is 8.23. The van der Waals surface area contributed by atoms with E-state index < -0.39 is 0 Å². The summed E-state index contributed by atoms with van der Waals surface area (Å²) in [6.45, 7) is 3.37. The molecule has 18 heavy (non-hydrogen) atoms. The molecule has 1 aliphatic rings. The molecule has 1 atom stereocenters. The van der Waals surface area contributed by atoms with Crippen LogP contribution in [0.5, 0.6) is 0 Å². The topological polar surface area (TPSA) is 3.24 Å². The maximum absolute atomic E-state index is 5.48. The van der Waals surface area contributed by atoms with Gasteiger partial charge in [-0.05, 0) is 12.0 Å². The first-order valence-electron chi connectivity index (χ1n) is 6.81. The highest BCUT2D eigenvalue weighted by Crippen LogP contribution is 2.35. The van der Waals surface area contributed by atoms with Gasteiger partial charge in [-0.1, -0.05) is 80.5 Å². The van der Waals surface area contributed by atoms with Gasteiger partial charge in [0.15, 0.2) is 0 Å². The van der Waals surface area contributed by atoms with Crippen molar-refractivity contribution in [3.05, 3.63) is 35.9 Å². The van der Waals surface area contributed by atoms with Gasteiger partial charge in [0.1, 0.15) is 4.32 Å². The predicted octanol–water partition coefficient (Wildman–Crippen LogP) is 4.64. The lowest BCUT2D eigenvalue weighted by molar-refractivity contribution is 0.351. The van der Waals surface area contributed by atoms with E-state index in [1.165, 1.54) is 31.2 Å². The molecule has 1 aromatic rings. The van der Waals surface area contributed by atoms with Crippen LogP contribution in [0.3, 0.4) is 0 Å². The van der Waals surface area contributed by atoms with Crippen molar-refractivity contribution >= 4 is 28.3 Å². The van der Waals surface area contributed by atoms with Crippen molar-refractivity contribution in [1.29, 1.82) is 0 Å². The Hall–Kier alpha value is -0.540. The summed E-state index contributed by atoms with van der Waals surface area (Å²) in [5.41, 5.74) is 1.40. The number of hydrogen-bond donors (Lipinski definition) is 0. The summed E-state index contributed by atoms with van der Waals surface area (Å²) in [4.78, 5) is 2.42. The highest BCUT2D eigenvalue weighted by atomic mass is 32.2. The number of unbranched alkanes of at least 4 members (excludes halogenated alkanes) is 3. The van der Waals surface area contributed by atoms with E-state index in [-0.39, 0.29) is 0 Å². The van der Waals surface area contributed by atoms with Gasteiger partial charge in [-0.15, -0.1) is 0 Å². The molecule has 98 valence electrons. The molecule has 1 aliphatic heterocycles. The van der Waals surface area contributed by atoms with E-state index >= 15 is 0 Å². The Morgan fingerprint density at radius 2 is 2.00 bits per heavy atom. The lowest BCUT2D eigenvalue weighted by Gasteiger charge is -2.25. The molecule has 1 saturated heterocycles. The van der Waals surface area contributed by atoms with E-state index in [0.717, 1.165) is 16.6 Å². The Kier molecular flexibility index (Phi) is 5.51. The molecular formula is C15H21NS2. The van der Waals surface area contributed by atoms with E-state index in [1.807, 2.05) is 11.8 Å². The van der Waals surface area contributed by atoms with Crippen LogP contribution in [0.1, 0.15) is 44.2 Å². The fourth-order valence-corrected chi connectivity index (χ4v) is 3.84. The van der Waals surface area contributed by atoms with Crippen molar-refractivity contribution < 1.29 is 0 Å². The van der Waals surface area contributed by atoms with Crippen molar-refractivity contribution in [2.24, 2.45) is 0 Å². The van der Waals surface area contributed by atoms with E-state index in [4.69, 9.17) is 12.2 Å². The number of thioether (sulfide) groups is 1. The van der Waals surface area contributed by atoms with Crippen LogP contribution in [0.4, 0.5) is 0 Å². The molecule has 1 heterocycles. The smallest absolute Gasteiger partial charge is 0.137 e. The molecule has 0 N–H and O–H groups in total. The second-order valence-electron chi connectivity index (χ2n) is 4.76. The molecule has 0 radical (unpaired) electrons. The third-order valence-electron chi connectivity index (χ3n) is 3.41. The molecule has 2 rings (SSSR count). The Bertz CT molecular complexity index is 377. The summed E-state index contributed by atoms with van der Waals surface area (Å²) in [5.74, 6) is 1.11. The minimum Gasteiger partial charge on any atom is -0.350 e. The number of rotatable bonds is 6. The molecule has 0 saturated carbocycles. The largest absolute Gasteiger partial charge is 0.350 e. The molecule has 0 amide bonds. The monoisotopic (exact) mass is 279 g/mol. The van der Waals surface area contributed by atoms with E-state index in [0.29, 0.717) is 6.04 Å². The van der Waals surface area contributed by atoms with E-state index in [9.17, 15) is 0 Å². The summed E-state index contributed by atoms with van der Waals surface area (Å²) >= 11 is 7.31. The van der Waals surface area contributed by atoms with Crippen molar-refractivity contribution in [2.45, 2.75) is 38.6 Å². The van der Waals surface area contributed by atoms with Crippen LogP contribution in [-0.2, 0) is 0 Å². The maximum Gasteiger partial charge on any atom is 0.137 e. The van der Waals surface area contributed by atoms with Gasteiger partial charge in [-0.3, -0.25) is 0 Å². The normalized spacial score (nSPS) is 19.5. The van der Waals surface area contributed by atoms with Crippen molar-refractivity contribution in [1.82, 2.24) is 4.90 Å². The van der Waals surface area contributed by atoms with Crippen molar-refractivity contribution in [3.63, 3.8) is 0 Å². The molecule has 0 bridgehead atoms. The SMILES string of the molecule is CCCCCCN1C(=S)SCC1c1ccccc1. The van der Waals surface area contributed by atoms with Gasteiger partial charge >= 0.3 is 0 Å². The van der Waals surface area contributed by atoms with Gasteiger partial charge < -0.3 is 4.90 Å². The van der Waals surface area contributed by atoms with E-state index in [2.05, 4.69) is 42.2 Å². The lowest BCUT2D eigenvalue weighted by atomic mass is 10.1. The fourth-order valence-electron chi connectivity index (χ4n) is 2.36. The van der Waals surface area contributed by atoms with Gasteiger partial charge in [0.25, 0.3) is 0 Å². The highest BCUT2D eigenvalue weighted by Gasteiger charge is 2.29. The minimum absolute atomic E-state index is 0.491. The molecule has 1 unspecified atom stereocenters. The van der Waals surface area contributed by atoms with Crippen LogP contribution in [-0.4, -0.2) is 21.5 Å². The number of benzene rings is 1. The van der Waals surface area contributed by atoms with Gasteiger partial charge in [-0.25, -0.2) is 0 Å². The van der Waals surface area contributed by atoms with Crippen LogP contribution >= 0.6 is 24.0 Å². The average Bonchev–Trinajstić information content (AvgIpc) is 2.77. The Labute approximate surface area is 120 Å². The fraction of sp³-hybridized carbons (Fsp3) is 0.533. The number of hydrogen-bond acceptors (Lipinski definition) is 2. The first-order chi connectivity index (χ1) is 8.83. The van der Waals surface area contributed by atoms with Crippen LogP contribution in [0.25, 0.3) is 0 Å². The summed E-state index contributed by atoms with van der Waals surface area (Å²) < 4.78 is 1.08. The van der Waals surface area contributed by atoms with Gasteiger partial charge in [-0.2, -0.15) is 0 Å². The molecule has 0 aromatic heterocycles. The zero-order chi connectivity index (χ0) is 12.8. The molecule has 3 heteroatoms. The molecule has 0 aliphatic carbocycles. The summed E-state index contributed by atoms with van der Waals surface area (Å²) in [6.07, 6.45) is 5.21. The molecular weight excluding hydrogens is 258 g/mol. The second-order valence-corrected chi connectivity index (χ2v) is 6.41. The first kappa shape index (κ1) is 13.9. The van der Waals surface area contributed by atoms with Crippen LogP contribution < -0.4 is 0 Å². The maximum atomic E-state index is 5.48. The minimum atomic E-state index is 0.491. The van der Waals surface area contributed by atoms with Crippen LogP contribution in [0.2, 0.25) is 0 Å². The van der Waals surface area contributed by atoms with Gasteiger partial charge in [0.2, 0.25) is 0 Å². The molecule has 1 fully saturated rings. The Morgan fingerprint density at radius 1 is 1.22 bits per heavy atom. The number of nitrogens with zero attached hydrogens (tertiary/aromatic N) is 1. The first-order valence-corrected chi connectivity index (χ1v) is 8.20. The second kappa shape index (κ2) is 7.15. The van der Waals surface area contributed by atoms with Crippen molar-refractivity contribution in [2.75, 3.05) is 12.3 Å². The summed E-state index contributed by atoms with van der Waals surface area (Å²) in [6, 6.07) is 11.3. The number of thiocarbonyl (C=S) groups is 1. The molecule has 0 spiro atoms. The molecule has 1 nitrogen and oxygen atoms in total. The van der Waals surface area contributed by atoms with Gasteiger partial charge in [0.05, 0.1) is 6.04 Å². The van der Waals surface area contributed by atoms with E-state index in [1.54, 1.807) is 0 Å². The summed E-state index contributed by atoms with van der Waals surface area (Å²) in [5, 5.41) is 0. The third-order valence-corrected chi connectivity index (χ3v) is 4.96. The predicted molar refractivity (Wildman–Crippen MR) is 85.1 cm³/mol. The average molecular weight is 279 g/mol. The zero-order valence-corrected chi connectivity index (χ0v) is 12.6. The zero-order valence-electron chi connectivity index (χ0n) is 11.0. The van der Waals surface area contributed by atoms with Crippen LogP contribution in [0.15, 0.2) is 30.3 Å². The Morgan fingerprint density at radius 3 is 2.72 bits per heavy atom. The summed E-state index contributed by atoms with van der Waals surface area (Å²) in [7, 11) is 0. The quantitative estimate of drug-likeness (QED) is 0.551. The molecule has 1 aromatic carbocycles.